The fourth-order valence-electron chi connectivity index (χ4n) is 3.91. The fraction of sp³-hybridized carbons (Fsp3) is 0.120. The van der Waals surface area contributed by atoms with Gasteiger partial charge in [0.05, 0.1) is 40.9 Å². The van der Waals surface area contributed by atoms with Crippen LogP contribution in [0.1, 0.15) is 28.3 Å². The SMILES string of the molecule is COc1c(Cl)cc(C)cc1/C(O)=C1\C(=O)C(=O)N(c2ccc(C#N)cc2)C1c1ccncc1. The molecule has 0 spiro atoms. The van der Waals surface area contributed by atoms with E-state index in [4.69, 9.17) is 21.6 Å². The largest absolute Gasteiger partial charge is 0.507 e. The van der Waals surface area contributed by atoms with Crippen molar-refractivity contribution in [2.45, 2.75) is 13.0 Å². The number of hydrogen-bond donors (Lipinski definition) is 1. The van der Waals surface area contributed by atoms with E-state index in [0.29, 0.717) is 16.8 Å². The van der Waals surface area contributed by atoms with Gasteiger partial charge in [-0.2, -0.15) is 5.26 Å². The number of rotatable bonds is 4. The van der Waals surface area contributed by atoms with Crippen molar-refractivity contribution in [3.05, 3.63) is 93.8 Å². The Bertz CT molecular complexity index is 1330. The van der Waals surface area contributed by atoms with Gasteiger partial charge in [-0.05, 0) is 66.6 Å². The lowest BCUT2D eigenvalue weighted by Crippen LogP contribution is -2.29. The predicted molar refractivity (Wildman–Crippen MR) is 123 cm³/mol. The van der Waals surface area contributed by atoms with Crippen molar-refractivity contribution in [1.82, 2.24) is 4.98 Å². The zero-order valence-electron chi connectivity index (χ0n) is 17.7. The number of methoxy groups -OCH3 is 1. The average molecular weight is 460 g/mol. The Kier molecular flexibility index (Phi) is 5.86. The molecule has 8 heteroatoms. The maximum absolute atomic E-state index is 13.2. The van der Waals surface area contributed by atoms with Gasteiger partial charge >= 0.3 is 0 Å². The van der Waals surface area contributed by atoms with Gasteiger partial charge in [0.15, 0.2) is 0 Å². The number of pyridine rings is 1. The fourth-order valence-corrected chi connectivity index (χ4v) is 4.27. The van der Waals surface area contributed by atoms with E-state index in [1.807, 2.05) is 6.07 Å². The number of nitrogens with zero attached hydrogens (tertiary/aromatic N) is 3. The molecule has 1 saturated heterocycles. The quantitative estimate of drug-likeness (QED) is 0.348. The predicted octanol–water partition coefficient (Wildman–Crippen LogP) is 4.55. The van der Waals surface area contributed by atoms with Crippen molar-refractivity contribution in [3.8, 4) is 11.8 Å². The number of aliphatic hydroxyl groups is 1. The van der Waals surface area contributed by atoms with Crippen molar-refractivity contribution in [2.75, 3.05) is 12.0 Å². The number of halogens is 1. The summed E-state index contributed by atoms with van der Waals surface area (Å²) in [5.74, 6) is -1.86. The molecule has 33 heavy (non-hydrogen) atoms. The minimum absolute atomic E-state index is 0.101. The Morgan fingerprint density at radius 2 is 1.82 bits per heavy atom. The lowest BCUT2D eigenvalue weighted by Gasteiger charge is -2.25. The van der Waals surface area contributed by atoms with Crippen LogP contribution in [0.2, 0.25) is 5.02 Å². The van der Waals surface area contributed by atoms with Gasteiger partial charge in [0, 0.05) is 18.1 Å². The van der Waals surface area contributed by atoms with E-state index >= 15 is 0 Å². The molecule has 164 valence electrons. The number of aryl methyl sites for hydroxylation is 1. The van der Waals surface area contributed by atoms with Crippen LogP contribution in [0, 0.1) is 18.3 Å². The van der Waals surface area contributed by atoms with Gasteiger partial charge in [0.2, 0.25) is 0 Å². The third kappa shape index (κ3) is 3.81. The molecule has 1 atom stereocenters. The standard InChI is InChI=1S/C25H18ClN3O4/c1-14-11-18(24(33-2)19(26)12-14)22(30)20-21(16-7-9-28-10-8-16)29(25(32)23(20)31)17-5-3-15(13-27)4-6-17/h3-12,21,30H,1-2H3/b22-20+. The molecule has 7 nitrogen and oxygen atoms in total. The van der Waals surface area contributed by atoms with Gasteiger partial charge < -0.3 is 9.84 Å². The van der Waals surface area contributed by atoms with Crippen molar-refractivity contribution in [3.63, 3.8) is 0 Å². The smallest absolute Gasteiger partial charge is 0.300 e. The van der Waals surface area contributed by atoms with Crippen LogP contribution in [-0.2, 0) is 9.59 Å². The molecule has 1 aliphatic rings. The minimum Gasteiger partial charge on any atom is -0.507 e. The number of amides is 1. The third-order valence-corrected chi connectivity index (χ3v) is 5.67. The zero-order chi connectivity index (χ0) is 23.7. The maximum atomic E-state index is 13.2. The van der Waals surface area contributed by atoms with E-state index in [9.17, 15) is 14.7 Å². The number of aromatic nitrogens is 1. The molecule has 0 radical (unpaired) electrons. The summed E-state index contributed by atoms with van der Waals surface area (Å²) >= 11 is 6.30. The highest BCUT2D eigenvalue weighted by Gasteiger charge is 2.47. The van der Waals surface area contributed by atoms with Gasteiger partial charge in [0.25, 0.3) is 11.7 Å². The molecule has 0 saturated carbocycles. The van der Waals surface area contributed by atoms with Crippen LogP contribution in [0.3, 0.4) is 0 Å². The Hall–Kier alpha value is -4.15. The number of ketones is 1. The number of hydrogen-bond acceptors (Lipinski definition) is 6. The summed E-state index contributed by atoms with van der Waals surface area (Å²) in [6.07, 6.45) is 3.08. The number of benzene rings is 2. The van der Waals surface area contributed by atoms with Crippen LogP contribution in [-0.4, -0.2) is 28.9 Å². The maximum Gasteiger partial charge on any atom is 0.300 e. The Morgan fingerprint density at radius 1 is 1.15 bits per heavy atom. The zero-order valence-corrected chi connectivity index (χ0v) is 18.5. The first-order valence-corrected chi connectivity index (χ1v) is 10.3. The van der Waals surface area contributed by atoms with Gasteiger partial charge in [-0.1, -0.05) is 11.6 Å². The molecular weight excluding hydrogens is 442 g/mol. The second kappa shape index (κ2) is 8.77. The first-order valence-electron chi connectivity index (χ1n) is 9.93. The monoisotopic (exact) mass is 459 g/mol. The molecule has 1 amide bonds. The van der Waals surface area contributed by atoms with E-state index in [-0.39, 0.29) is 21.9 Å². The van der Waals surface area contributed by atoms with Crippen LogP contribution in [0.5, 0.6) is 5.75 Å². The summed E-state index contributed by atoms with van der Waals surface area (Å²) in [4.78, 5) is 31.7. The topological polar surface area (TPSA) is 104 Å². The van der Waals surface area contributed by atoms with E-state index < -0.39 is 23.5 Å². The first-order chi connectivity index (χ1) is 15.9. The lowest BCUT2D eigenvalue weighted by molar-refractivity contribution is -0.132. The molecule has 1 N–H and O–H groups in total. The molecule has 1 fully saturated rings. The third-order valence-electron chi connectivity index (χ3n) is 5.39. The number of ether oxygens (including phenoxy) is 1. The van der Waals surface area contributed by atoms with Crippen LogP contribution in [0.4, 0.5) is 5.69 Å². The Morgan fingerprint density at radius 3 is 2.42 bits per heavy atom. The Balaban J connectivity index is 1.98. The second-order valence-electron chi connectivity index (χ2n) is 7.44. The number of anilines is 1. The Labute approximate surface area is 195 Å². The van der Waals surface area contributed by atoms with Gasteiger partial charge in [-0.15, -0.1) is 0 Å². The van der Waals surface area contributed by atoms with E-state index in [0.717, 1.165) is 5.56 Å². The van der Waals surface area contributed by atoms with Crippen LogP contribution in [0.25, 0.3) is 5.76 Å². The summed E-state index contributed by atoms with van der Waals surface area (Å²) < 4.78 is 5.38. The average Bonchev–Trinajstić information content (AvgIpc) is 3.09. The number of aliphatic hydroxyl groups excluding tert-OH is 1. The molecule has 0 bridgehead atoms. The van der Waals surface area contributed by atoms with E-state index in [1.54, 1.807) is 67.8 Å². The summed E-state index contributed by atoms with van der Waals surface area (Å²) in [7, 11) is 1.41. The molecule has 1 aliphatic heterocycles. The highest BCUT2D eigenvalue weighted by Crippen LogP contribution is 2.44. The molecule has 2 aromatic carbocycles. The second-order valence-corrected chi connectivity index (χ2v) is 7.84. The molecule has 1 aromatic heterocycles. The molecule has 2 heterocycles. The molecular formula is C25H18ClN3O4. The van der Waals surface area contributed by atoms with Crippen LogP contribution < -0.4 is 9.64 Å². The first kappa shape index (κ1) is 22.1. The highest BCUT2D eigenvalue weighted by molar-refractivity contribution is 6.51. The molecule has 1 unspecified atom stereocenters. The van der Waals surface area contributed by atoms with Crippen molar-refractivity contribution in [1.29, 1.82) is 5.26 Å². The molecule has 3 aromatic rings. The molecule has 0 aliphatic carbocycles. The summed E-state index contributed by atoms with van der Waals surface area (Å²) in [5.41, 5.74) is 2.24. The number of nitriles is 1. The number of Topliss-reactive ketones (excluding diaryl/α,β-unsaturated/α-hetero) is 1. The highest BCUT2D eigenvalue weighted by atomic mass is 35.5. The van der Waals surface area contributed by atoms with Crippen LogP contribution >= 0.6 is 11.6 Å². The summed E-state index contributed by atoms with van der Waals surface area (Å²) in [5, 5.41) is 20.7. The van der Waals surface area contributed by atoms with Crippen molar-refractivity contribution >= 4 is 34.7 Å². The van der Waals surface area contributed by atoms with Gasteiger partial charge in [0.1, 0.15) is 11.5 Å². The number of carbonyl (C=O) groups excluding carboxylic acids is 2. The lowest BCUT2D eigenvalue weighted by atomic mass is 9.95. The van der Waals surface area contributed by atoms with Crippen LogP contribution in [0.15, 0.2) is 66.5 Å². The molecule has 4 rings (SSSR count). The van der Waals surface area contributed by atoms with Gasteiger partial charge in [-0.25, -0.2) is 0 Å². The summed E-state index contributed by atoms with van der Waals surface area (Å²) in [6, 6.07) is 14.0. The van der Waals surface area contributed by atoms with E-state index in [1.165, 1.54) is 12.0 Å². The normalized spacial score (nSPS) is 17.2. The minimum atomic E-state index is -0.926. The summed E-state index contributed by atoms with van der Waals surface area (Å²) in [6.45, 7) is 1.79. The van der Waals surface area contributed by atoms with Crippen molar-refractivity contribution in [2.24, 2.45) is 0 Å². The number of carbonyl (C=O) groups is 2. The van der Waals surface area contributed by atoms with Gasteiger partial charge in [-0.3, -0.25) is 19.5 Å². The van der Waals surface area contributed by atoms with Crippen molar-refractivity contribution < 1.29 is 19.4 Å². The van der Waals surface area contributed by atoms with E-state index in [2.05, 4.69) is 4.98 Å².